The minimum absolute atomic E-state index is 0.0245. The molecule has 1 amide bonds. The van der Waals surface area contributed by atoms with Crippen molar-refractivity contribution in [3.63, 3.8) is 0 Å². The van der Waals surface area contributed by atoms with Crippen molar-refractivity contribution in [1.29, 1.82) is 0 Å². The van der Waals surface area contributed by atoms with Crippen LogP contribution in [0.5, 0.6) is 5.75 Å². The summed E-state index contributed by atoms with van der Waals surface area (Å²) in [6, 6.07) is 40.9. The third-order valence-corrected chi connectivity index (χ3v) is 10.1. The summed E-state index contributed by atoms with van der Waals surface area (Å²) in [7, 11) is 0. The highest BCUT2D eigenvalue weighted by Gasteiger charge is 2.23. The second kappa shape index (κ2) is 17.9. The lowest BCUT2D eigenvalue weighted by atomic mass is 10.0. The zero-order valence-corrected chi connectivity index (χ0v) is 30.7. The first-order valence-electron chi connectivity index (χ1n) is 18.9. The summed E-state index contributed by atoms with van der Waals surface area (Å²) in [5.41, 5.74) is 7.91. The van der Waals surface area contributed by atoms with E-state index in [-0.39, 0.29) is 17.4 Å². The van der Waals surface area contributed by atoms with E-state index in [0.29, 0.717) is 29.6 Å². The Morgan fingerprint density at radius 3 is 2.42 bits per heavy atom. The van der Waals surface area contributed by atoms with E-state index in [9.17, 15) is 19.8 Å². The molecule has 10 heteroatoms. The number of pyridine rings is 1. The lowest BCUT2D eigenvalue weighted by Gasteiger charge is -2.31. The van der Waals surface area contributed by atoms with E-state index < -0.39 is 12.2 Å². The largest absolute Gasteiger partial charge is 0.506 e. The van der Waals surface area contributed by atoms with Gasteiger partial charge in [-0.15, -0.1) is 0 Å². The summed E-state index contributed by atoms with van der Waals surface area (Å²) >= 11 is 0. The number of hydrogen-bond donors (Lipinski definition) is 6. The van der Waals surface area contributed by atoms with Gasteiger partial charge in [0.05, 0.1) is 17.3 Å². The molecule has 10 nitrogen and oxygen atoms in total. The van der Waals surface area contributed by atoms with Crippen LogP contribution in [-0.4, -0.2) is 65.0 Å². The van der Waals surface area contributed by atoms with Gasteiger partial charge in [0.15, 0.2) is 0 Å². The number of aliphatic hydroxyl groups is 1. The number of carbonyl (C=O) groups is 1. The van der Waals surface area contributed by atoms with Crippen molar-refractivity contribution in [2.75, 3.05) is 43.4 Å². The van der Waals surface area contributed by atoms with E-state index in [4.69, 9.17) is 4.74 Å². The Morgan fingerprint density at radius 1 is 0.818 bits per heavy atom. The van der Waals surface area contributed by atoms with Crippen molar-refractivity contribution in [2.24, 2.45) is 0 Å². The molecule has 1 atom stereocenters. The number of aromatic nitrogens is 1. The average molecular weight is 738 g/mol. The fourth-order valence-electron chi connectivity index (χ4n) is 7.15. The molecule has 0 radical (unpaired) electrons. The maximum atomic E-state index is 12.8. The Morgan fingerprint density at radius 2 is 1.60 bits per heavy atom. The predicted octanol–water partition coefficient (Wildman–Crippen LogP) is 7.77. The smallest absolute Gasteiger partial charge is 0.411 e. The number of piperidine rings is 1. The van der Waals surface area contributed by atoms with Gasteiger partial charge in [0, 0.05) is 54.6 Å². The third-order valence-electron chi connectivity index (χ3n) is 10.1. The second-order valence-corrected chi connectivity index (χ2v) is 14.0. The molecule has 0 unspecified atom stereocenters. The van der Waals surface area contributed by atoms with E-state index in [1.54, 1.807) is 12.1 Å². The van der Waals surface area contributed by atoms with E-state index in [1.807, 2.05) is 54.6 Å². The van der Waals surface area contributed by atoms with Gasteiger partial charge < -0.3 is 35.5 Å². The van der Waals surface area contributed by atoms with Crippen LogP contribution < -0.4 is 21.5 Å². The molecule has 282 valence electrons. The number of fused-ring (bicyclic) bond motifs is 1. The molecule has 1 aliphatic heterocycles. The van der Waals surface area contributed by atoms with Gasteiger partial charge in [-0.2, -0.15) is 0 Å². The molecule has 1 fully saturated rings. The normalized spacial score (nSPS) is 14.1. The van der Waals surface area contributed by atoms with Gasteiger partial charge in [-0.05, 0) is 96.9 Å². The maximum absolute atomic E-state index is 12.8. The van der Waals surface area contributed by atoms with Crippen LogP contribution in [0.1, 0.15) is 35.6 Å². The molecule has 0 spiro atoms. The van der Waals surface area contributed by atoms with Gasteiger partial charge in [0.1, 0.15) is 11.9 Å². The summed E-state index contributed by atoms with van der Waals surface area (Å²) in [5.74, 6) is -0.0245. The minimum atomic E-state index is -0.793. The molecule has 1 saturated heterocycles. The van der Waals surface area contributed by atoms with Crippen molar-refractivity contribution in [1.82, 2.24) is 15.2 Å². The number of aromatic hydroxyl groups is 1. The number of carbonyl (C=O) groups excluding carboxylic acids is 1. The molecule has 6 N–H and O–H groups in total. The highest BCUT2D eigenvalue weighted by molar-refractivity contribution is 5.91. The van der Waals surface area contributed by atoms with Crippen LogP contribution in [0.15, 0.2) is 132 Å². The highest BCUT2D eigenvalue weighted by Crippen LogP contribution is 2.30. The molecular weight excluding hydrogens is 691 g/mol. The number of benzene rings is 5. The molecule has 1 aliphatic rings. The first-order chi connectivity index (χ1) is 26.9. The zero-order valence-electron chi connectivity index (χ0n) is 30.7. The Balaban J connectivity index is 0.815. The van der Waals surface area contributed by atoms with Crippen molar-refractivity contribution in [3.8, 4) is 16.9 Å². The van der Waals surface area contributed by atoms with E-state index in [2.05, 4.69) is 74.4 Å². The molecule has 7 rings (SSSR count). The summed E-state index contributed by atoms with van der Waals surface area (Å²) in [6.07, 6.45) is 2.04. The molecule has 6 aromatic rings. The number of rotatable bonds is 14. The topological polar surface area (TPSA) is 139 Å². The summed E-state index contributed by atoms with van der Waals surface area (Å²) in [6.45, 7) is 3.74. The number of amides is 1. The van der Waals surface area contributed by atoms with Gasteiger partial charge in [-0.3, -0.25) is 10.1 Å². The van der Waals surface area contributed by atoms with Gasteiger partial charge in [0.25, 0.3) is 0 Å². The SMILES string of the molecule is O=C(Nc1ccccc1-c1ccccc1)OC1CCN(CCc2cccc(Nc3ccc(CCNC[C@@H](O)c4ccc(O)c5[nH]c(=O)ccc45)cc3)c2)CC1. The van der Waals surface area contributed by atoms with Gasteiger partial charge in [-0.1, -0.05) is 78.9 Å². The van der Waals surface area contributed by atoms with Gasteiger partial charge in [0.2, 0.25) is 5.56 Å². The molecule has 55 heavy (non-hydrogen) atoms. The molecule has 2 heterocycles. The highest BCUT2D eigenvalue weighted by atomic mass is 16.6. The van der Waals surface area contributed by atoms with Crippen LogP contribution in [0, 0.1) is 0 Å². The van der Waals surface area contributed by atoms with Gasteiger partial charge in [-0.25, -0.2) is 4.79 Å². The van der Waals surface area contributed by atoms with Crippen LogP contribution >= 0.6 is 0 Å². The Labute approximate surface area is 320 Å². The standard InChI is InChI=1S/C45H47N5O5/c51-41-19-17-38(39-18-20-43(53)49-44(39)41)42(52)30-46-25-21-31-13-15-34(16-14-31)47-35-10-6-7-32(29-35)22-26-50-27-23-36(24-28-50)55-45(54)48-40-12-5-4-11-37(40)33-8-2-1-3-9-33/h1-20,29,36,42,46-47,51-52H,21-28,30H2,(H,48,54)(H,49,53)/t42-/m1/s1. The number of phenolic OH excluding ortho intramolecular Hbond substituents is 1. The first-order valence-corrected chi connectivity index (χ1v) is 18.9. The first kappa shape index (κ1) is 37.4. The van der Waals surface area contributed by atoms with Crippen molar-refractivity contribution in [3.05, 3.63) is 154 Å². The monoisotopic (exact) mass is 737 g/mol. The molecule has 0 saturated carbocycles. The number of para-hydroxylation sites is 1. The lowest BCUT2D eigenvalue weighted by molar-refractivity contribution is 0.0593. The van der Waals surface area contributed by atoms with E-state index in [0.717, 1.165) is 73.5 Å². The van der Waals surface area contributed by atoms with Crippen molar-refractivity contribution < 1.29 is 19.7 Å². The minimum Gasteiger partial charge on any atom is -0.506 e. The number of likely N-dealkylation sites (tertiary alicyclic amines) is 1. The van der Waals surface area contributed by atoms with Crippen LogP contribution in [-0.2, 0) is 17.6 Å². The van der Waals surface area contributed by atoms with Crippen molar-refractivity contribution >= 4 is 34.1 Å². The van der Waals surface area contributed by atoms with E-state index in [1.165, 1.54) is 23.3 Å². The Hall–Kier alpha value is -5.94. The number of nitrogens with zero attached hydrogens (tertiary/aromatic N) is 1. The molecule has 0 aliphatic carbocycles. The summed E-state index contributed by atoms with van der Waals surface area (Å²) < 4.78 is 5.83. The maximum Gasteiger partial charge on any atom is 0.411 e. The third kappa shape index (κ3) is 9.98. The summed E-state index contributed by atoms with van der Waals surface area (Å²) in [5, 5.41) is 31.4. The average Bonchev–Trinajstić information content (AvgIpc) is 3.21. The number of phenols is 1. The number of nitrogens with one attached hydrogen (secondary N) is 4. The molecule has 0 bridgehead atoms. The van der Waals surface area contributed by atoms with Crippen LogP contribution in [0.3, 0.4) is 0 Å². The Bertz CT molecular complexity index is 2250. The number of ether oxygens (including phenoxy) is 1. The van der Waals surface area contributed by atoms with Gasteiger partial charge >= 0.3 is 6.09 Å². The number of H-pyrrole nitrogens is 1. The fourth-order valence-corrected chi connectivity index (χ4v) is 7.15. The quantitative estimate of drug-likeness (QED) is 0.0624. The molecular formula is C45H47N5O5. The lowest BCUT2D eigenvalue weighted by Crippen LogP contribution is -2.39. The zero-order chi connectivity index (χ0) is 38.0. The predicted molar refractivity (Wildman–Crippen MR) is 219 cm³/mol. The van der Waals surface area contributed by atoms with E-state index >= 15 is 0 Å². The number of aliphatic hydroxyl groups excluding tert-OH is 1. The Kier molecular flexibility index (Phi) is 12.2. The second-order valence-electron chi connectivity index (χ2n) is 14.0. The molecule has 1 aromatic heterocycles. The number of hydrogen-bond acceptors (Lipinski definition) is 8. The van der Waals surface area contributed by atoms with Crippen molar-refractivity contribution in [2.45, 2.75) is 37.9 Å². The summed E-state index contributed by atoms with van der Waals surface area (Å²) in [4.78, 5) is 29.6. The fraction of sp³-hybridized carbons (Fsp3) is 0.244. The van der Waals surface area contributed by atoms with Crippen LogP contribution in [0.2, 0.25) is 0 Å². The number of anilines is 3. The van der Waals surface area contributed by atoms with Crippen LogP contribution in [0.25, 0.3) is 22.0 Å². The molecule has 5 aromatic carbocycles. The number of aromatic amines is 1. The van der Waals surface area contributed by atoms with Crippen LogP contribution in [0.4, 0.5) is 21.9 Å².